The SMILES string of the molecule is CC1(C)c2ccccc2-c2ccc(N(c3ccc(-c4ccccc4)cc3)c3ccc4c(c3)oc3cc(-c5cccc6c5c5cccc7c8ccccc8n6c75)ccc34)cc21. The molecule has 13 rings (SSSR count). The fourth-order valence-corrected chi connectivity index (χ4v) is 10.5. The molecule has 12 aromatic rings. The third kappa shape index (κ3) is 4.60. The summed E-state index contributed by atoms with van der Waals surface area (Å²) in [6.45, 7) is 4.69. The van der Waals surface area contributed by atoms with E-state index in [0.29, 0.717) is 0 Å². The molecule has 0 fully saturated rings. The second kappa shape index (κ2) is 12.2. The van der Waals surface area contributed by atoms with Gasteiger partial charge in [-0.1, -0.05) is 141 Å². The van der Waals surface area contributed by atoms with Gasteiger partial charge in [0.15, 0.2) is 0 Å². The maximum absolute atomic E-state index is 6.85. The largest absolute Gasteiger partial charge is 0.456 e. The Kier molecular flexibility index (Phi) is 6.78. The Bertz CT molecular complexity index is 3680. The lowest BCUT2D eigenvalue weighted by Crippen LogP contribution is -2.16. The molecule has 0 aliphatic heterocycles. The van der Waals surface area contributed by atoms with Gasteiger partial charge in [0.05, 0.1) is 16.6 Å². The lowest BCUT2D eigenvalue weighted by molar-refractivity contribution is 0.660. The van der Waals surface area contributed by atoms with E-state index >= 15 is 0 Å². The summed E-state index contributed by atoms with van der Waals surface area (Å²) in [6, 6.07) is 70.9. The number of hydrogen-bond donors (Lipinski definition) is 0. The van der Waals surface area contributed by atoms with Crippen molar-refractivity contribution >= 4 is 77.1 Å². The molecule has 0 N–H and O–H groups in total. The summed E-state index contributed by atoms with van der Waals surface area (Å²) in [6.07, 6.45) is 0. The van der Waals surface area contributed by atoms with E-state index in [0.717, 1.165) is 44.6 Å². The minimum Gasteiger partial charge on any atom is -0.456 e. The maximum Gasteiger partial charge on any atom is 0.137 e. The van der Waals surface area contributed by atoms with Gasteiger partial charge in [-0.3, -0.25) is 0 Å². The van der Waals surface area contributed by atoms with Gasteiger partial charge >= 0.3 is 0 Å². The van der Waals surface area contributed by atoms with E-state index in [4.69, 9.17) is 4.42 Å². The highest BCUT2D eigenvalue weighted by Crippen LogP contribution is 2.51. The van der Waals surface area contributed by atoms with Crippen LogP contribution in [0.2, 0.25) is 0 Å². The summed E-state index contributed by atoms with van der Waals surface area (Å²) in [4.78, 5) is 2.37. The fraction of sp³-hybridized carbons (Fsp3) is 0.0526. The standard InChI is InChI=1S/C57H38N2O/c1-57(2)49-19-8-6-14-42(49)43-30-27-39(33-50(43)57)58(38-25-22-36(23-26-38)35-12-4-3-5-13-35)40-28-31-46-45-29-24-37(32-53(45)60-54(46)34-40)41-16-11-21-52-55(41)48-18-10-17-47-44-15-7-9-20-51(44)59(52)56(47)48/h3-34H,1-2H3. The van der Waals surface area contributed by atoms with Gasteiger partial charge in [-0.05, 0) is 105 Å². The number of anilines is 3. The van der Waals surface area contributed by atoms with Gasteiger partial charge in [0.2, 0.25) is 0 Å². The van der Waals surface area contributed by atoms with E-state index in [-0.39, 0.29) is 5.41 Å². The second-order valence-electron chi connectivity index (χ2n) is 16.9. The molecule has 282 valence electrons. The van der Waals surface area contributed by atoms with Crippen LogP contribution in [0.5, 0.6) is 0 Å². The number of hydrogen-bond acceptors (Lipinski definition) is 2. The van der Waals surface area contributed by atoms with Gasteiger partial charge in [0.25, 0.3) is 0 Å². The van der Waals surface area contributed by atoms with Crippen molar-refractivity contribution in [1.29, 1.82) is 0 Å². The third-order valence-electron chi connectivity index (χ3n) is 13.3. The fourth-order valence-electron chi connectivity index (χ4n) is 10.5. The first kappa shape index (κ1) is 33.4. The highest BCUT2D eigenvalue weighted by Gasteiger charge is 2.36. The quantitative estimate of drug-likeness (QED) is 0.174. The van der Waals surface area contributed by atoms with Gasteiger partial charge in [0.1, 0.15) is 11.2 Å². The second-order valence-corrected chi connectivity index (χ2v) is 16.9. The number of para-hydroxylation sites is 2. The minimum atomic E-state index is -0.117. The predicted molar refractivity (Wildman–Crippen MR) is 251 cm³/mol. The first-order valence-corrected chi connectivity index (χ1v) is 20.8. The first-order chi connectivity index (χ1) is 29.5. The smallest absolute Gasteiger partial charge is 0.137 e. The van der Waals surface area contributed by atoms with Crippen LogP contribution in [-0.2, 0) is 5.41 Å². The molecular weight excluding hydrogens is 729 g/mol. The Morgan fingerprint density at radius 3 is 1.88 bits per heavy atom. The van der Waals surface area contributed by atoms with Crippen molar-refractivity contribution in [3.8, 4) is 33.4 Å². The van der Waals surface area contributed by atoms with Gasteiger partial charge in [-0.15, -0.1) is 0 Å². The first-order valence-electron chi connectivity index (χ1n) is 20.8. The molecule has 0 saturated carbocycles. The molecule has 3 heteroatoms. The zero-order valence-corrected chi connectivity index (χ0v) is 33.3. The van der Waals surface area contributed by atoms with Crippen LogP contribution in [0.3, 0.4) is 0 Å². The molecule has 0 saturated heterocycles. The molecule has 3 heterocycles. The van der Waals surface area contributed by atoms with E-state index < -0.39 is 0 Å². The summed E-state index contributed by atoms with van der Waals surface area (Å²) in [5.74, 6) is 0. The Hall–Kier alpha value is -7.62. The maximum atomic E-state index is 6.85. The summed E-state index contributed by atoms with van der Waals surface area (Å²) in [7, 11) is 0. The van der Waals surface area contributed by atoms with Crippen molar-refractivity contribution in [2.75, 3.05) is 4.90 Å². The van der Waals surface area contributed by atoms with Crippen molar-refractivity contribution in [2.45, 2.75) is 19.3 Å². The van der Waals surface area contributed by atoms with Gasteiger partial charge in [-0.2, -0.15) is 0 Å². The molecule has 0 spiro atoms. The summed E-state index contributed by atoms with van der Waals surface area (Å²) in [5.41, 5.74) is 18.7. The number of furan rings is 1. The van der Waals surface area contributed by atoms with Gasteiger partial charge in [0, 0.05) is 60.9 Å². The number of benzene rings is 9. The van der Waals surface area contributed by atoms with Crippen molar-refractivity contribution in [3.63, 3.8) is 0 Å². The molecule has 0 radical (unpaired) electrons. The molecule has 0 atom stereocenters. The predicted octanol–water partition coefficient (Wildman–Crippen LogP) is 15.8. The van der Waals surface area contributed by atoms with Crippen LogP contribution in [0.1, 0.15) is 25.0 Å². The Labute approximate surface area is 347 Å². The summed E-state index contributed by atoms with van der Waals surface area (Å²) in [5, 5.41) is 7.36. The lowest BCUT2D eigenvalue weighted by atomic mass is 9.82. The van der Waals surface area contributed by atoms with Crippen molar-refractivity contribution in [3.05, 3.63) is 205 Å². The lowest BCUT2D eigenvalue weighted by Gasteiger charge is -2.28. The Balaban J connectivity index is 0.955. The van der Waals surface area contributed by atoms with E-state index in [1.165, 1.54) is 77.0 Å². The molecule has 3 aromatic heterocycles. The minimum absolute atomic E-state index is 0.117. The van der Waals surface area contributed by atoms with Crippen LogP contribution < -0.4 is 4.90 Å². The number of aromatic nitrogens is 1. The molecule has 1 aliphatic carbocycles. The van der Waals surface area contributed by atoms with Crippen molar-refractivity contribution in [1.82, 2.24) is 4.40 Å². The average molecular weight is 767 g/mol. The molecule has 3 nitrogen and oxygen atoms in total. The molecule has 0 unspecified atom stereocenters. The zero-order valence-electron chi connectivity index (χ0n) is 33.3. The van der Waals surface area contributed by atoms with Crippen LogP contribution in [0.15, 0.2) is 199 Å². The number of nitrogens with zero attached hydrogens (tertiary/aromatic N) is 2. The molecule has 0 bridgehead atoms. The van der Waals surface area contributed by atoms with Crippen LogP contribution in [-0.4, -0.2) is 4.40 Å². The zero-order chi connectivity index (χ0) is 39.7. The van der Waals surface area contributed by atoms with Crippen molar-refractivity contribution < 1.29 is 4.42 Å². The molecule has 60 heavy (non-hydrogen) atoms. The van der Waals surface area contributed by atoms with Crippen LogP contribution in [0, 0.1) is 0 Å². The van der Waals surface area contributed by atoms with E-state index in [2.05, 4.69) is 217 Å². The van der Waals surface area contributed by atoms with Crippen molar-refractivity contribution in [2.24, 2.45) is 0 Å². The van der Waals surface area contributed by atoms with Gasteiger partial charge in [-0.25, -0.2) is 0 Å². The molecule has 9 aromatic carbocycles. The average Bonchev–Trinajstić information content (AvgIpc) is 4.01. The topological polar surface area (TPSA) is 20.8 Å². The third-order valence-corrected chi connectivity index (χ3v) is 13.3. The van der Waals surface area contributed by atoms with Crippen LogP contribution in [0.4, 0.5) is 17.1 Å². The Morgan fingerprint density at radius 2 is 1.00 bits per heavy atom. The molecule has 1 aliphatic rings. The summed E-state index contributed by atoms with van der Waals surface area (Å²) < 4.78 is 9.30. The van der Waals surface area contributed by atoms with E-state index in [9.17, 15) is 0 Å². The number of fused-ring (bicyclic) bond motifs is 12. The van der Waals surface area contributed by atoms with Crippen LogP contribution >= 0.6 is 0 Å². The summed E-state index contributed by atoms with van der Waals surface area (Å²) >= 11 is 0. The normalized spacial score (nSPS) is 13.3. The van der Waals surface area contributed by atoms with E-state index in [1.807, 2.05) is 0 Å². The van der Waals surface area contributed by atoms with Crippen LogP contribution in [0.25, 0.3) is 93.4 Å². The highest BCUT2D eigenvalue weighted by molar-refractivity contribution is 6.26. The monoisotopic (exact) mass is 766 g/mol. The number of rotatable bonds is 5. The van der Waals surface area contributed by atoms with Gasteiger partial charge < -0.3 is 13.7 Å². The van der Waals surface area contributed by atoms with E-state index in [1.54, 1.807) is 0 Å². The Morgan fingerprint density at radius 1 is 0.400 bits per heavy atom. The highest BCUT2D eigenvalue weighted by atomic mass is 16.3. The molecular formula is C57H38N2O. The molecule has 0 amide bonds.